The summed E-state index contributed by atoms with van der Waals surface area (Å²) < 4.78 is 17.6. The number of carbonyl (C=O) groups is 2. The van der Waals surface area contributed by atoms with Crippen LogP contribution >= 0.6 is 50.9 Å². The molecule has 3 aromatic rings. The standard InChI is InChI=1S/C30H24BrCl2NO6S/c1-3-38-23-14-18(12-20(31)27(23)40-16-17-10-11-21(32)22(33)13-17)15-24-26(35)25(30(37)39-4-2)29(41-24)34-28(36)19-8-6-5-7-9-19/h5-15,35H,3-4,16H2,1-2H3/b24-15-,34-29?. The fourth-order valence-corrected chi connectivity index (χ4v) is 5.65. The summed E-state index contributed by atoms with van der Waals surface area (Å²) in [4.78, 5) is 29.9. The van der Waals surface area contributed by atoms with Crippen LogP contribution in [0.4, 0.5) is 0 Å². The van der Waals surface area contributed by atoms with E-state index in [-0.39, 0.29) is 29.6 Å². The molecule has 7 nitrogen and oxygen atoms in total. The number of aliphatic hydroxyl groups is 1. The van der Waals surface area contributed by atoms with Crippen molar-refractivity contribution in [2.75, 3.05) is 13.2 Å². The van der Waals surface area contributed by atoms with E-state index in [2.05, 4.69) is 20.9 Å². The van der Waals surface area contributed by atoms with Crippen molar-refractivity contribution in [2.24, 2.45) is 4.99 Å². The van der Waals surface area contributed by atoms with E-state index in [1.807, 2.05) is 13.0 Å². The summed E-state index contributed by atoms with van der Waals surface area (Å²) in [7, 11) is 0. The first kappa shape index (κ1) is 30.7. The second kappa shape index (κ2) is 14.1. The van der Waals surface area contributed by atoms with E-state index in [9.17, 15) is 14.7 Å². The molecule has 1 aliphatic heterocycles. The Morgan fingerprint density at radius 1 is 1.00 bits per heavy atom. The van der Waals surface area contributed by atoms with E-state index in [4.69, 9.17) is 37.4 Å². The number of benzene rings is 3. The Hall–Kier alpha value is -3.24. The largest absolute Gasteiger partial charge is 0.506 e. The molecular formula is C30H24BrCl2NO6S. The number of nitrogens with zero attached hydrogens (tertiary/aromatic N) is 1. The van der Waals surface area contributed by atoms with E-state index in [0.717, 1.165) is 17.3 Å². The van der Waals surface area contributed by atoms with Gasteiger partial charge in [0.2, 0.25) is 0 Å². The number of thioether (sulfide) groups is 1. The monoisotopic (exact) mass is 675 g/mol. The first-order valence-electron chi connectivity index (χ1n) is 12.4. The van der Waals surface area contributed by atoms with Gasteiger partial charge in [-0.05, 0) is 83.4 Å². The molecule has 11 heteroatoms. The Balaban J connectivity index is 1.67. The maximum Gasteiger partial charge on any atom is 0.344 e. The summed E-state index contributed by atoms with van der Waals surface area (Å²) in [5, 5.41) is 11.9. The minimum absolute atomic E-state index is 0.0479. The number of amides is 1. The molecule has 0 spiro atoms. The molecule has 3 aromatic carbocycles. The van der Waals surface area contributed by atoms with Crippen LogP contribution in [-0.4, -0.2) is 35.2 Å². The Morgan fingerprint density at radius 3 is 2.44 bits per heavy atom. The highest BCUT2D eigenvalue weighted by atomic mass is 79.9. The van der Waals surface area contributed by atoms with Crippen molar-refractivity contribution in [3.63, 3.8) is 0 Å². The number of carbonyl (C=O) groups excluding carboxylic acids is 2. The van der Waals surface area contributed by atoms with Crippen molar-refractivity contribution in [1.29, 1.82) is 0 Å². The third-order valence-electron chi connectivity index (χ3n) is 5.59. The van der Waals surface area contributed by atoms with Gasteiger partial charge in [0.05, 0.1) is 32.6 Å². The summed E-state index contributed by atoms with van der Waals surface area (Å²) in [6.45, 7) is 4.18. The highest BCUT2D eigenvalue weighted by molar-refractivity contribution is 9.10. The van der Waals surface area contributed by atoms with Gasteiger partial charge in [0.1, 0.15) is 23.0 Å². The van der Waals surface area contributed by atoms with Crippen LogP contribution in [0.3, 0.4) is 0 Å². The fraction of sp³-hybridized carbons (Fsp3) is 0.167. The quantitative estimate of drug-likeness (QED) is 0.227. The maximum atomic E-state index is 12.8. The number of esters is 1. The van der Waals surface area contributed by atoms with E-state index < -0.39 is 11.9 Å². The second-order valence-corrected chi connectivity index (χ2v) is 11.1. The van der Waals surface area contributed by atoms with E-state index in [0.29, 0.717) is 48.7 Å². The van der Waals surface area contributed by atoms with Crippen LogP contribution in [0.25, 0.3) is 6.08 Å². The molecule has 1 N–H and O–H groups in total. The molecule has 0 unspecified atom stereocenters. The van der Waals surface area contributed by atoms with Gasteiger partial charge in [-0.1, -0.05) is 59.2 Å². The molecule has 1 heterocycles. The number of aliphatic hydroxyl groups excluding tert-OH is 1. The number of rotatable bonds is 9. The zero-order chi connectivity index (χ0) is 29.5. The highest BCUT2D eigenvalue weighted by Gasteiger charge is 2.34. The third-order valence-corrected chi connectivity index (χ3v) is 7.94. The zero-order valence-electron chi connectivity index (χ0n) is 21.9. The molecular weight excluding hydrogens is 653 g/mol. The van der Waals surface area contributed by atoms with Crippen LogP contribution in [0.2, 0.25) is 10.0 Å². The first-order valence-corrected chi connectivity index (χ1v) is 14.8. The average molecular weight is 677 g/mol. The molecule has 4 rings (SSSR count). The minimum atomic E-state index is -0.775. The molecule has 41 heavy (non-hydrogen) atoms. The number of halogens is 3. The van der Waals surface area contributed by atoms with Crippen LogP contribution in [0.5, 0.6) is 11.5 Å². The molecule has 0 atom stereocenters. The lowest BCUT2D eigenvalue weighted by molar-refractivity contribution is -0.138. The summed E-state index contributed by atoms with van der Waals surface area (Å²) in [6.07, 6.45) is 1.66. The zero-order valence-corrected chi connectivity index (χ0v) is 25.9. The van der Waals surface area contributed by atoms with Gasteiger partial charge in [0, 0.05) is 5.56 Å². The van der Waals surface area contributed by atoms with Gasteiger partial charge in [-0.25, -0.2) is 9.79 Å². The Labute approximate surface area is 259 Å². The molecule has 0 saturated heterocycles. The van der Waals surface area contributed by atoms with Gasteiger partial charge in [-0.15, -0.1) is 0 Å². The topological polar surface area (TPSA) is 94.4 Å². The molecule has 0 bridgehead atoms. The minimum Gasteiger partial charge on any atom is -0.506 e. The highest BCUT2D eigenvalue weighted by Crippen LogP contribution is 2.42. The number of aliphatic imine (C=N–C) groups is 1. The fourth-order valence-electron chi connectivity index (χ4n) is 3.74. The van der Waals surface area contributed by atoms with Crippen LogP contribution in [0.15, 0.2) is 86.4 Å². The van der Waals surface area contributed by atoms with Crippen LogP contribution in [0, 0.1) is 0 Å². The lowest BCUT2D eigenvalue weighted by Crippen LogP contribution is -2.14. The second-order valence-electron chi connectivity index (χ2n) is 8.44. The van der Waals surface area contributed by atoms with E-state index in [1.165, 1.54) is 0 Å². The number of ether oxygens (including phenoxy) is 3. The lowest BCUT2D eigenvalue weighted by Gasteiger charge is -2.15. The summed E-state index contributed by atoms with van der Waals surface area (Å²) in [5.41, 5.74) is 1.64. The molecule has 0 aromatic heterocycles. The molecule has 0 fully saturated rings. The van der Waals surface area contributed by atoms with E-state index >= 15 is 0 Å². The van der Waals surface area contributed by atoms with Gasteiger partial charge in [-0.3, -0.25) is 4.79 Å². The Bertz CT molecular complexity index is 1570. The molecule has 212 valence electrons. The third kappa shape index (κ3) is 7.54. The normalized spacial score (nSPS) is 15.0. The van der Waals surface area contributed by atoms with Crippen molar-refractivity contribution in [1.82, 2.24) is 0 Å². The van der Waals surface area contributed by atoms with Gasteiger partial charge in [0.25, 0.3) is 5.91 Å². The van der Waals surface area contributed by atoms with Crippen molar-refractivity contribution in [3.8, 4) is 11.5 Å². The average Bonchev–Trinajstić information content (AvgIpc) is 3.24. The predicted molar refractivity (Wildman–Crippen MR) is 166 cm³/mol. The maximum absolute atomic E-state index is 12.8. The molecule has 0 saturated carbocycles. The summed E-state index contributed by atoms with van der Waals surface area (Å²) in [5.74, 6) is -0.723. The SMILES string of the molecule is CCOC(=O)C1=C(O)/C(=C/c2cc(Br)c(OCc3ccc(Cl)c(Cl)c3)c(OCC)c2)SC1=NC(=O)c1ccccc1. The van der Waals surface area contributed by atoms with Crippen molar-refractivity contribution < 1.29 is 28.9 Å². The van der Waals surface area contributed by atoms with Crippen molar-refractivity contribution >= 4 is 73.9 Å². The lowest BCUT2D eigenvalue weighted by atomic mass is 10.1. The first-order chi connectivity index (χ1) is 19.7. The molecule has 0 radical (unpaired) electrons. The van der Waals surface area contributed by atoms with Gasteiger partial charge >= 0.3 is 5.97 Å². The molecule has 1 aliphatic rings. The van der Waals surface area contributed by atoms with Crippen molar-refractivity contribution in [3.05, 3.63) is 108 Å². The summed E-state index contributed by atoms with van der Waals surface area (Å²) in [6, 6.07) is 17.2. The van der Waals surface area contributed by atoms with Gasteiger partial charge in [-0.2, -0.15) is 0 Å². The molecule has 0 aliphatic carbocycles. The Kier molecular flexibility index (Phi) is 10.6. The van der Waals surface area contributed by atoms with E-state index in [1.54, 1.807) is 67.6 Å². The molecule has 1 amide bonds. The van der Waals surface area contributed by atoms with Gasteiger partial charge in [0.15, 0.2) is 11.5 Å². The van der Waals surface area contributed by atoms with Crippen LogP contribution < -0.4 is 9.47 Å². The smallest absolute Gasteiger partial charge is 0.344 e. The van der Waals surface area contributed by atoms with Crippen LogP contribution in [-0.2, 0) is 16.1 Å². The van der Waals surface area contributed by atoms with Crippen molar-refractivity contribution in [2.45, 2.75) is 20.5 Å². The number of hydrogen-bond acceptors (Lipinski definition) is 7. The summed E-state index contributed by atoms with van der Waals surface area (Å²) >= 11 is 16.7. The van der Waals surface area contributed by atoms with Gasteiger partial charge < -0.3 is 19.3 Å². The predicted octanol–water partition coefficient (Wildman–Crippen LogP) is 8.44. The number of hydrogen-bond donors (Lipinski definition) is 1. The van der Waals surface area contributed by atoms with Crippen LogP contribution in [0.1, 0.15) is 35.3 Å². The Morgan fingerprint density at radius 2 is 1.76 bits per heavy atom.